The molecule has 0 unspecified atom stereocenters. The van der Waals surface area contributed by atoms with Crippen molar-refractivity contribution in [1.82, 2.24) is 10.2 Å². The van der Waals surface area contributed by atoms with E-state index in [4.69, 9.17) is 4.74 Å². The predicted octanol–water partition coefficient (Wildman–Crippen LogP) is 2.12. The fourth-order valence-electron chi connectivity index (χ4n) is 2.71. The van der Waals surface area contributed by atoms with Gasteiger partial charge in [-0.2, -0.15) is 13.2 Å². The van der Waals surface area contributed by atoms with E-state index in [0.29, 0.717) is 38.1 Å². The summed E-state index contributed by atoms with van der Waals surface area (Å²) in [6, 6.07) is 1.67. The summed E-state index contributed by atoms with van der Waals surface area (Å²) in [4.78, 5) is 34.8. The number of nitrogens with zero attached hydrogens (tertiary/aromatic N) is 2. The van der Waals surface area contributed by atoms with Crippen molar-refractivity contribution in [3.63, 3.8) is 0 Å². The van der Waals surface area contributed by atoms with Crippen molar-refractivity contribution in [3.05, 3.63) is 33.9 Å². The average Bonchev–Trinajstić information content (AvgIpc) is 2.59. The summed E-state index contributed by atoms with van der Waals surface area (Å²) >= 11 is 0. The molecule has 8 nitrogen and oxygen atoms in total. The maximum absolute atomic E-state index is 12.7. The first-order chi connectivity index (χ1) is 12.6. The first-order valence-electron chi connectivity index (χ1n) is 8.11. The van der Waals surface area contributed by atoms with E-state index in [0.717, 1.165) is 6.07 Å². The Balaban J connectivity index is 1.93. The van der Waals surface area contributed by atoms with Crippen LogP contribution in [0.3, 0.4) is 0 Å². The summed E-state index contributed by atoms with van der Waals surface area (Å²) in [5.74, 6) is -1.02. The molecule has 0 spiro atoms. The third-order valence-electron chi connectivity index (χ3n) is 4.15. The lowest BCUT2D eigenvalue weighted by Crippen LogP contribution is -2.47. The Kier molecular flexibility index (Phi) is 6.24. The Labute approximate surface area is 152 Å². The highest BCUT2D eigenvalue weighted by Crippen LogP contribution is 2.35. The molecule has 1 aromatic carbocycles. The summed E-state index contributed by atoms with van der Waals surface area (Å²) in [5, 5.41) is 13.7. The Morgan fingerprint density at radius 2 is 1.96 bits per heavy atom. The average molecular weight is 389 g/mol. The normalized spacial score (nSPS) is 15.3. The maximum Gasteiger partial charge on any atom is 0.416 e. The lowest BCUT2D eigenvalue weighted by molar-refractivity contribution is -0.386. The zero-order chi connectivity index (χ0) is 20.2. The van der Waals surface area contributed by atoms with E-state index in [2.05, 4.69) is 5.32 Å². The van der Waals surface area contributed by atoms with E-state index >= 15 is 0 Å². The van der Waals surface area contributed by atoms with Crippen LogP contribution in [0, 0.1) is 10.1 Å². The molecule has 0 radical (unpaired) electrons. The monoisotopic (exact) mass is 389 g/mol. The van der Waals surface area contributed by atoms with Gasteiger partial charge in [0.1, 0.15) is 0 Å². The SMILES string of the molecule is CC(=O)N1CCC(NC(=O)COc2ccc(C(F)(F)F)cc2[N+](=O)[O-])CC1. The summed E-state index contributed by atoms with van der Waals surface area (Å²) in [5.41, 5.74) is -2.05. The molecule has 2 amide bonds. The number of nitrogens with one attached hydrogen (secondary N) is 1. The highest BCUT2D eigenvalue weighted by molar-refractivity contribution is 5.78. The van der Waals surface area contributed by atoms with Crippen LogP contribution in [0.1, 0.15) is 25.3 Å². The number of benzene rings is 1. The molecule has 11 heteroatoms. The second-order valence-electron chi connectivity index (χ2n) is 6.07. The standard InChI is InChI=1S/C16H18F3N3O5/c1-10(23)21-6-4-12(5-7-21)20-15(24)9-27-14-3-2-11(16(17,18)19)8-13(14)22(25)26/h2-3,8,12H,4-7,9H2,1H3,(H,20,24). The van der Waals surface area contributed by atoms with E-state index in [1.54, 1.807) is 4.90 Å². The molecule has 1 aromatic rings. The molecule has 2 rings (SSSR count). The van der Waals surface area contributed by atoms with Gasteiger partial charge < -0.3 is 15.0 Å². The van der Waals surface area contributed by atoms with Gasteiger partial charge in [-0.05, 0) is 25.0 Å². The third kappa shape index (κ3) is 5.56. The van der Waals surface area contributed by atoms with Gasteiger partial charge in [-0.25, -0.2) is 0 Å². The van der Waals surface area contributed by atoms with Crippen molar-refractivity contribution >= 4 is 17.5 Å². The van der Waals surface area contributed by atoms with Gasteiger partial charge in [0.15, 0.2) is 12.4 Å². The van der Waals surface area contributed by atoms with Gasteiger partial charge in [0.2, 0.25) is 5.91 Å². The number of hydrogen-bond acceptors (Lipinski definition) is 5. The van der Waals surface area contributed by atoms with Crippen molar-refractivity contribution < 1.29 is 32.4 Å². The van der Waals surface area contributed by atoms with E-state index in [1.807, 2.05) is 0 Å². The number of amides is 2. The third-order valence-corrected chi connectivity index (χ3v) is 4.15. The summed E-state index contributed by atoms with van der Waals surface area (Å²) < 4.78 is 43.0. The van der Waals surface area contributed by atoms with Crippen LogP contribution in [0.4, 0.5) is 18.9 Å². The van der Waals surface area contributed by atoms with Gasteiger partial charge in [-0.15, -0.1) is 0 Å². The second kappa shape index (κ2) is 8.23. The molecule has 27 heavy (non-hydrogen) atoms. The van der Waals surface area contributed by atoms with Gasteiger partial charge in [-0.3, -0.25) is 19.7 Å². The first kappa shape index (κ1) is 20.5. The number of piperidine rings is 1. The summed E-state index contributed by atoms with van der Waals surface area (Å²) in [7, 11) is 0. The maximum atomic E-state index is 12.7. The number of hydrogen-bond donors (Lipinski definition) is 1. The predicted molar refractivity (Wildman–Crippen MR) is 87.0 cm³/mol. The smallest absolute Gasteiger partial charge is 0.416 e. The highest BCUT2D eigenvalue weighted by Gasteiger charge is 2.33. The highest BCUT2D eigenvalue weighted by atomic mass is 19.4. The van der Waals surface area contributed by atoms with Crippen molar-refractivity contribution in [2.45, 2.75) is 32.0 Å². The molecule has 0 aliphatic carbocycles. The van der Waals surface area contributed by atoms with Crippen molar-refractivity contribution in [2.75, 3.05) is 19.7 Å². The molecule has 1 heterocycles. The number of carbonyl (C=O) groups is 2. The molecule has 1 fully saturated rings. The molecular formula is C16H18F3N3O5. The molecule has 1 N–H and O–H groups in total. The number of nitro benzene ring substituents is 1. The van der Waals surface area contributed by atoms with Gasteiger partial charge in [-0.1, -0.05) is 0 Å². The Morgan fingerprint density at radius 3 is 2.48 bits per heavy atom. The van der Waals surface area contributed by atoms with E-state index in [-0.39, 0.29) is 11.9 Å². The van der Waals surface area contributed by atoms with Crippen molar-refractivity contribution in [3.8, 4) is 5.75 Å². The molecule has 148 valence electrons. The molecule has 0 aromatic heterocycles. The van der Waals surface area contributed by atoms with Crippen LogP contribution in [0.2, 0.25) is 0 Å². The Hall–Kier alpha value is -2.85. The van der Waals surface area contributed by atoms with E-state index < -0.39 is 40.6 Å². The van der Waals surface area contributed by atoms with Crippen LogP contribution in [0.25, 0.3) is 0 Å². The minimum atomic E-state index is -4.73. The minimum Gasteiger partial charge on any atom is -0.477 e. The van der Waals surface area contributed by atoms with Crippen LogP contribution in [0.5, 0.6) is 5.75 Å². The fraction of sp³-hybridized carbons (Fsp3) is 0.500. The zero-order valence-corrected chi connectivity index (χ0v) is 14.4. The molecule has 0 bridgehead atoms. The molecule has 1 saturated heterocycles. The van der Waals surface area contributed by atoms with Crippen molar-refractivity contribution in [2.24, 2.45) is 0 Å². The largest absolute Gasteiger partial charge is 0.477 e. The molecular weight excluding hydrogens is 371 g/mol. The lowest BCUT2D eigenvalue weighted by Gasteiger charge is -2.31. The Bertz CT molecular complexity index is 731. The molecule has 1 aliphatic rings. The van der Waals surface area contributed by atoms with Gasteiger partial charge in [0.05, 0.1) is 10.5 Å². The first-order valence-corrected chi connectivity index (χ1v) is 8.11. The van der Waals surface area contributed by atoms with Crippen LogP contribution in [-0.4, -0.2) is 47.4 Å². The number of ether oxygens (including phenoxy) is 1. The number of likely N-dealkylation sites (tertiary alicyclic amines) is 1. The number of carbonyl (C=O) groups excluding carboxylic acids is 2. The zero-order valence-electron chi connectivity index (χ0n) is 14.4. The minimum absolute atomic E-state index is 0.0438. The Morgan fingerprint density at radius 1 is 1.33 bits per heavy atom. The lowest BCUT2D eigenvalue weighted by atomic mass is 10.1. The van der Waals surface area contributed by atoms with Crippen LogP contribution in [-0.2, 0) is 15.8 Å². The van der Waals surface area contributed by atoms with Gasteiger partial charge in [0, 0.05) is 32.1 Å². The molecule has 1 aliphatic heterocycles. The van der Waals surface area contributed by atoms with Crippen molar-refractivity contribution in [1.29, 1.82) is 0 Å². The summed E-state index contributed by atoms with van der Waals surface area (Å²) in [6.45, 7) is 1.90. The van der Waals surface area contributed by atoms with Crippen LogP contribution in [0.15, 0.2) is 18.2 Å². The van der Waals surface area contributed by atoms with E-state index in [1.165, 1.54) is 6.92 Å². The number of nitro groups is 1. The second-order valence-corrected chi connectivity index (χ2v) is 6.07. The van der Waals surface area contributed by atoms with E-state index in [9.17, 15) is 32.9 Å². The fourth-order valence-corrected chi connectivity index (χ4v) is 2.71. The quantitative estimate of drug-likeness (QED) is 0.614. The van der Waals surface area contributed by atoms with Gasteiger partial charge >= 0.3 is 11.9 Å². The van der Waals surface area contributed by atoms with Crippen LogP contribution >= 0.6 is 0 Å². The van der Waals surface area contributed by atoms with Gasteiger partial charge in [0.25, 0.3) is 5.91 Å². The summed E-state index contributed by atoms with van der Waals surface area (Å²) in [6.07, 6.45) is -3.60. The number of halogens is 3. The molecule has 0 saturated carbocycles. The van der Waals surface area contributed by atoms with Crippen LogP contribution < -0.4 is 10.1 Å². The molecule has 0 atom stereocenters. The topological polar surface area (TPSA) is 102 Å². The number of alkyl halides is 3. The number of rotatable bonds is 5.